The number of hydrogen-bond donors (Lipinski definition) is 1. The van der Waals surface area contributed by atoms with E-state index in [0.717, 1.165) is 12.7 Å². The van der Waals surface area contributed by atoms with Gasteiger partial charge >= 0.3 is 0 Å². The van der Waals surface area contributed by atoms with Crippen molar-refractivity contribution in [3.05, 3.63) is 11.8 Å². The quantitative estimate of drug-likeness (QED) is 0.475. The van der Waals surface area contributed by atoms with Crippen LogP contribution in [0.4, 0.5) is 0 Å². The molecule has 0 aromatic rings. The second-order valence-corrected chi connectivity index (χ2v) is 5.06. The maximum atomic E-state index is 11.6. The van der Waals surface area contributed by atoms with Gasteiger partial charge in [0, 0.05) is 12.0 Å². The number of fused-ring (bicyclic) bond motifs is 1. The molecule has 0 saturated heterocycles. The predicted octanol–water partition coefficient (Wildman–Crippen LogP) is 2.99. The van der Waals surface area contributed by atoms with Gasteiger partial charge in [-0.05, 0) is 30.6 Å². The molecule has 1 N–H and O–H groups in total. The molecule has 2 unspecified atom stereocenters. The van der Waals surface area contributed by atoms with Gasteiger partial charge in [0.2, 0.25) is 0 Å². The van der Waals surface area contributed by atoms with Gasteiger partial charge in [-0.2, -0.15) is 0 Å². The summed E-state index contributed by atoms with van der Waals surface area (Å²) in [7, 11) is 0. The van der Waals surface area contributed by atoms with Crippen molar-refractivity contribution in [1.29, 1.82) is 0 Å². The number of ketones is 1. The van der Waals surface area contributed by atoms with Gasteiger partial charge in [0.25, 0.3) is 0 Å². The van der Waals surface area contributed by atoms with Crippen LogP contribution in [0.1, 0.15) is 45.4 Å². The van der Waals surface area contributed by atoms with Crippen LogP contribution >= 0.6 is 0 Å². The van der Waals surface area contributed by atoms with Crippen LogP contribution in [0.15, 0.2) is 11.8 Å². The normalized spacial score (nSPS) is 41.1. The first-order valence-corrected chi connectivity index (χ1v) is 5.52. The zero-order valence-electron chi connectivity index (χ0n) is 8.75. The molecule has 2 heteroatoms. The molecule has 2 rings (SSSR count). The molecule has 0 aromatic heterocycles. The van der Waals surface area contributed by atoms with E-state index in [-0.39, 0.29) is 11.2 Å². The number of aliphatic hydroxyl groups excluding tert-OH is 1. The number of hydrogen-bond acceptors (Lipinski definition) is 2. The Kier molecular flexibility index (Phi) is 2.38. The summed E-state index contributed by atoms with van der Waals surface area (Å²) >= 11 is 0. The third kappa shape index (κ3) is 1.47. The van der Waals surface area contributed by atoms with E-state index in [0.29, 0.717) is 17.9 Å². The van der Waals surface area contributed by atoms with E-state index in [4.69, 9.17) is 5.11 Å². The van der Waals surface area contributed by atoms with Crippen molar-refractivity contribution in [2.75, 3.05) is 0 Å². The Balaban J connectivity index is 2.21. The molecular weight excluding hydrogens is 176 g/mol. The molecule has 2 fully saturated rings. The molecule has 0 radical (unpaired) electrons. The molecule has 78 valence electrons. The molecule has 0 bridgehead atoms. The summed E-state index contributed by atoms with van der Waals surface area (Å²) in [5.74, 6) is 0.726. The maximum Gasteiger partial charge on any atom is 0.162 e. The van der Waals surface area contributed by atoms with Crippen molar-refractivity contribution in [2.45, 2.75) is 45.4 Å². The fourth-order valence-electron chi connectivity index (χ4n) is 3.06. The molecule has 2 aliphatic carbocycles. The van der Waals surface area contributed by atoms with E-state index in [9.17, 15) is 4.79 Å². The van der Waals surface area contributed by atoms with E-state index in [1.807, 2.05) is 0 Å². The third-order valence-corrected chi connectivity index (χ3v) is 4.08. The number of carbonyl (C=O) groups is 1. The summed E-state index contributed by atoms with van der Waals surface area (Å²) in [6, 6.07) is 0. The van der Waals surface area contributed by atoms with Gasteiger partial charge in [0.15, 0.2) is 5.78 Å². The van der Waals surface area contributed by atoms with Crippen LogP contribution in [0.5, 0.6) is 0 Å². The standard InChI is InChI=1S/C12H18O2/c1-12-5-3-2-4-10(12)6-11(14)9(7-12)8-13/h8,10,13H,2-7H2,1H3/b9-8-. The second kappa shape index (κ2) is 3.41. The third-order valence-electron chi connectivity index (χ3n) is 4.08. The highest BCUT2D eigenvalue weighted by Gasteiger charge is 2.42. The summed E-state index contributed by atoms with van der Waals surface area (Å²) in [5.41, 5.74) is 0.923. The lowest BCUT2D eigenvalue weighted by Crippen LogP contribution is -2.38. The first kappa shape index (κ1) is 9.75. The van der Waals surface area contributed by atoms with E-state index in [1.54, 1.807) is 0 Å². The Morgan fingerprint density at radius 2 is 2.29 bits per heavy atom. The van der Waals surface area contributed by atoms with E-state index in [2.05, 4.69) is 6.92 Å². The van der Waals surface area contributed by atoms with Crippen LogP contribution in [0.3, 0.4) is 0 Å². The summed E-state index contributed by atoms with van der Waals surface area (Å²) < 4.78 is 0. The first-order valence-electron chi connectivity index (χ1n) is 5.52. The number of aliphatic hydroxyl groups is 1. The molecule has 0 aromatic carbocycles. The highest BCUT2D eigenvalue weighted by atomic mass is 16.2. The van der Waals surface area contributed by atoms with Gasteiger partial charge < -0.3 is 5.11 Å². The van der Waals surface area contributed by atoms with Crippen LogP contribution in [-0.4, -0.2) is 10.9 Å². The van der Waals surface area contributed by atoms with Gasteiger partial charge in [-0.25, -0.2) is 0 Å². The highest BCUT2D eigenvalue weighted by Crippen LogP contribution is 2.50. The smallest absolute Gasteiger partial charge is 0.162 e. The molecule has 2 saturated carbocycles. The van der Waals surface area contributed by atoms with Gasteiger partial charge in [0.05, 0.1) is 6.26 Å². The topological polar surface area (TPSA) is 37.3 Å². The Hall–Kier alpha value is -0.790. The van der Waals surface area contributed by atoms with Crippen LogP contribution in [0.25, 0.3) is 0 Å². The fraction of sp³-hybridized carbons (Fsp3) is 0.750. The monoisotopic (exact) mass is 194 g/mol. The van der Waals surface area contributed by atoms with Gasteiger partial charge in [-0.1, -0.05) is 19.8 Å². The Morgan fingerprint density at radius 1 is 1.50 bits per heavy atom. The van der Waals surface area contributed by atoms with Crippen molar-refractivity contribution in [1.82, 2.24) is 0 Å². The highest BCUT2D eigenvalue weighted by molar-refractivity contribution is 5.96. The van der Waals surface area contributed by atoms with Crippen LogP contribution in [0.2, 0.25) is 0 Å². The second-order valence-electron chi connectivity index (χ2n) is 5.06. The number of rotatable bonds is 0. The number of carbonyl (C=O) groups excluding carboxylic acids is 1. The Morgan fingerprint density at radius 3 is 3.00 bits per heavy atom. The minimum atomic E-state index is 0.164. The van der Waals surface area contributed by atoms with Crippen LogP contribution in [-0.2, 0) is 4.79 Å². The summed E-state index contributed by atoms with van der Waals surface area (Å²) in [4.78, 5) is 11.6. The molecule has 2 atom stereocenters. The largest absolute Gasteiger partial charge is 0.515 e. The first-order chi connectivity index (χ1) is 6.65. The maximum absolute atomic E-state index is 11.6. The molecule has 0 aliphatic heterocycles. The summed E-state index contributed by atoms with van der Waals surface area (Å²) in [6.07, 6.45) is 7.42. The van der Waals surface area contributed by atoms with Crippen molar-refractivity contribution < 1.29 is 9.90 Å². The minimum absolute atomic E-state index is 0.164. The SMILES string of the molecule is CC12CCCCC1CC(=O)/C(=C\O)C2. The molecule has 14 heavy (non-hydrogen) atoms. The summed E-state index contributed by atoms with van der Waals surface area (Å²) in [5, 5.41) is 8.98. The van der Waals surface area contributed by atoms with E-state index >= 15 is 0 Å². The zero-order chi connectivity index (χ0) is 10.2. The lowest BCUT2D eigenvalue weighted by Gasteiger charge is -2.45. The van der Waals surface area contributed by atoms with Crippen molar-refractivity contribution >= 4 is 5.78 Å². The average molecular weight is 194 g/mol. The van der Waals surface area contributed by atoms with E-state index in [1.165, 1.54) is 25.7 Å². The van der Waals surface area contributed by atoms with Crippen LogP contribution in [0, 0.1) is 11.3 Å². The number of Topliss-reactive ketones (excluding diaryl/α,β-unsaturated/α-hetero) is 1. The van der Waals surface area contributed by atoms with Gasteiger partial charge in [0.1, 0.15) is 0 Å². The molecule has 0 amide bonds. The Bertz CT molecular complexity index is 280. The lowest BCUT2D eigenvalue weighted by atomic mass is 9.59. The predicted molar refractivity (Wildman–Crippen MR) is 55.0 cm³/mol. The molecule has 0 spiro atoms. The molecule has 2 nitrogen and oxygen atoms in total. The zero-order valence-corrected chi connectivity index (χ0v) is 8.75. The molecular formula is C12H18O2. The number of allylic oxidation sites excluding steroid dienone is 1. The average Bonchev–Trinajstić information content (AvgIpc) is 2.18. The lowest BCUT2D eigenvalue weighted by molar-refractivity contribution is -0.121. The van der Waals surface area contributed by atoms with Crippen molar-refractivity contribution in [3.63, 3.8) is 0 Å². The molecule has 0 heterocycles. The Labute approximate surface area is 85.0 Å². The van der Waals surface area contributed by atoms with Gasteiger partial charge in [-0.15, -0.1) is 0 Å². The van der Waals surface area contributed by atoms with Crippen molar-refractivity contribution in [3.8, 4) is 0 Å². The minimum Gasteiger partial charge on any atom is -0.515 e. The van der Waals surface area contributed by atoms with E-state index < -0.39 is 0 Å². The van der Waals surface area contributed by atoms with Crippen LogP contribution < -0.4 is 0 Å². The molecule has 2 aliphatic rings. The van der Waals surface area contributed by atoms with Crippen molar-refractivity contribution in [2.24, 2.45) is 11.3 Å². The van der Waals surface area contributed by atoms with Gasteiger partial charge in [-0.3, -0.25) is 4.79 Å². The summed E-state index contributed by atoms with van der Waals surface area (Å²) in [6.45, 7) is 2.27. The fourth-order valence-corrected chi connectivity index (χ4v) is 3.06.